The van der Waals surface area contributed by atoms with Gasteiger partial charge in [0.1, 0.15) is 17.7 Å². The van der Waals surface area contributed by atoms with Crippen molar-refractivity contribution >= 4 is 11.6 Å². The zero-order chi connectivity index (χ0) is 20.3. The van der Waals surface area contributed by atoms with E-state index in [1.807, 2.05) is 23.2 Å². The highest BCUT2D eigenvalue weighted by molar-refractivity contribution is 5.94. The van der Waals surface area contributed by atoms with Crippen LogP contribution >= 0.6 is 0 Å². The fourth-order valence-corrected chi connectivity index (χ4v) is 3.99. The van der Waals surface area contributed by atoms with Crippen LogP contribution in [-0.2, 0) is 9.53 Å². The molecule has 30 heavy (non-hydrogen) atoms. The van der Waals surface area contributed by atoms with E-state index in [-0.39, 0.29) is 18.1 Å². The quantitative estimate of drug-likeness (QED) is 0.552. The van der Waals surface area contributed by atoms with E-state index in [9.17, 15) is 4.79 Å². The van der Waals surface area contributed by atoms with Crippen LogP contribution < -0.4 is 26.3 Å². The van der Waals surface area contributed by atoms with Crippen LogP contribution in [0.25, 0.3) is 0 Å². The summed E-state index contributed by atoms with van der Waals surface area (Å²) in [4.78, 5) is 15.2. The molecular formula is C22H26N6O2. The molecule has 1 fully saturated rings. The SMILES string of the molecule is O=C(NC1=CC=CCN1)C1=CNC2C=CC(c3cccc(N4CCOCC4)c3)NN12. The zero-order valence-corrected chi connectivity index (χ0v) is 16.7. The Kier molecular flexibility index (Phi) is 5.17. The summed E-state index contributed by atoms with van der Waals surface area (Å²) in [7, 11) is 0. The summed E-state index contributed by atoms with van der Waals surface area (Å²) in [5, 5.41) is 11.2. The Morgan fingerprint density at radius 3 is 2.93 bits per heavy atom. The zero-order valence-electron chi connectivity index (χ0n) is 16.7. The molecule has 4 heterocycles. The third kappa shape index (κ3) is 3.79. The Morgan fingerprint density at radius 2 is 2.10 bits per heavy atom. The first kappa shape index (κ1) is 18.8. The van der Waals surface area contributed by atoms with E-state index in [1.54, 1.807) is 6.20 Å². The second-order valence-corrected chi connectivity index (χ2v) is 7.54. The van der Waals surface area contributed by atoms with Crippen molar-refractivity contribution in [1.82, 2.24) is 26.4 Å². The number of dihydropyridines is 1. The molecule has 1 aromatic rings. The second-order valence-electron chi connectivity index (χ2n) is 7.54. The molecule has 8 heteroatoms. The molecule has 2 unspecified atom stereocenters. The summed E-state index contributed by atoms with van der Waals surface area (Å²) in [6.45, 7) is 4.04. The topological polar surface area (TPSA) is 80.9 Å². The molecule has 0 radical (unpaired) electrons. The first-order valence-corrected chi connectivity index (χ1v) is 10.3. The lowest BCUT2D eigenvalue weighted by atomic mass is 10.0. The molecule has 0 spiro atoms. The standard InChI is InChI=1S/C22H26N6O2/c29-22(25-20-6-1-2-9-23-20)19-15-24-21-8-7-18(26-28(19)21)16-4-3-5-17(14-16)27-10-12-30-13-11-27/h1-8,14-15,18,21,23-24,26H,9-13H2,(H,25,29). The van der Waals surface area contributed by atoms with Gasteiger partial charge in [0.25, 0.3) is 5.91 Å². The Hall–Kier alpha value is -3.23. The molecule has 4 aliphatic rings. The number of carbonyl (C=O) groups excluding carboxylic acids is 1. The maximum atomic E-state index is 12.8. The van der Waals surface area contributed by atoms with E-state index in [0.717, 1.165) is 31.9 Å². The lowest BCUT2D eigenvalue weighted by Crippen LogP contribution is -2.51. The van der Waals surface area contributed by atoms with Gasteiger partial charge in [0.2, 0.25) is 0 Å². The molecule has 8 nitrogen and oxygen atoms in total. The summed E-state index contributed by atoms with van der Waals surface area (Å²) in [6.07, 6.45) is 11.7. The summed E-state index contributed by atoms with van der Waals surface area (Å²) in [6, 6.07) is 8.53. The Balaban J connectivity index is 1.30. The van der Waals surface area contributed by atoms with Gasteiger partial charge in [-0.15, -0.1) is 0 Å². The number of benzene rings is 1. The molecule has 0 saturated carbocycles. The minimum Gasteiger partial charge on any atom is -0.378 e. The van der Waals surface area contributed by atoms with E-state index in [4.69, 9.17) is 4.74 Å². The average Bonchev–Trinajstić information content (AvgIpc) is 3.24. The van der Waals surface area contributed by atoms with Gasteiger partial charge in [-0.3, -0.25) is 9.80 Å². The second kappa shape index (κ2) is 8.25. The van der Waals surface area contributed by atoms with Gasteiger partial charge < -0.3 is 25.6 Å². The van der Waals surface area contributed by atoms with Gasteiger partial charge in [0.05, 0.1) is 19.3 Å². The molecule has 1 saturated heterocycles. The normalized spacial score (nSPS) is 25.1. The summed E-state index contributed by atoms with van der Waals surface area (Å²) >= 11 is 0. The minimum absolute atomic E-state index is 0.0201. The molecule has 5 rings (SSSR count). The third-order valence-electron chi connectivity index (χ3n) is 5.59. The molecule has 156 valence electrons. The van der Waals surface area contributed by atoms with Crippen LogP contribution in [0.1, 0.15) is 11.6 Å². The fourth-order valence-electron chi connectivity index (χ4n) is 3.99. The molecule has 0 aliphatic carbocycles. The van der Waals surface area contributed by atoms with Crippen LogP contribution in [0.5, 0.6) is 0 Å². The lowest BCUT2D eigenvalue weighted by molar-refractivity contribution is -0.119. The summed E-state index contributed by atoms with van der Waals surface area (Å²) < 4.78 is 5.47. The van der Waals surface area contributed by atoms with Crippen molar-refractivity contribution < 1.29 is 9.53 Å². The van der Waals surface area contributed by atoms with Crippen molar-refractivity contribution in [1.29, 1.82) is 0 Å². The van der Waals surface area contributed by atoms with Crippen molar-refractivity contribution in [3.05, 3.63) is 77.9 Å². The molecule has 0 aromatic heterocycles. The summed E-state index contributed by atoms with van der Waals surface area (Å²) in [5.74, 6) is 0.539. The number of rotatable bonds is 4. The Morgan fingerprint density at radius 1 is 1.20 bits per heavy atom. The van der Waals surface area contributed by atoms with Crippen LogP contribution in [0.15, 0.2) is 72.4 Å². The molecule has 1 aromatic carbocycles. The third-order valence-corrected chi connectivity index (χ3v) is 5.59. The van der Waals surface area contributed by atoms with Crippen LogP contribution in [0.4, 0.5) is 5.69 Å². The largest absolute Gasteiger partial charge is 0.378 e. The number of anilines is 1. The Labute approximate surface area is 175 Å². The smallest absolute Gasteiger partial charge is 0.276 e. The van der Waals surface area contributed by atoms with Crippen LogP contribution in [0.2, 0.25) is 0 Å². The number of carbonyl (C=O) groups is 1. The number of ether oxygens (including phenoxy) is 1. The van der Waals surface area contributed by atoms with E-state index in [2.05, 4.69) is 62.7 Å². The predicted octanol–water partition coefficient (Wildman–Crippen LogP) is 0.828. The van der Waals surface area contributed by atoms with Crippen molar-refractivity contribution in [2.45, 2.75) is 12.2 Å². The number of nitrogens with zero attached hydrogens (tertiary/aromatic N) is 2. The van der Waals surface area contributed by atoms with Gasteiger partial charge in [-0.2, -0.15) is 0 Å². The molecule has 4 aliphatic heterocycles. The number of hydrogen-bond donors (Lipinski definition) is 4. The number of nitrogens with one attached hydrogen (secondary N) is 4. The number of hydrazine groups is 1. The Bertz CT molecular complexity index is 931. The van der Waals surface area contributed by atoms with Gasteiger partial charge in [-0.1, -0.05) is 30.4 Å². The van der Waals surface area contributed by atoms with Crippen molar-refractivity contribution in [2.24, 2.45) is 0 Å². The molecular weight excluding hydrogens is 380 g/mol. The van der Waals surface area contributed by atoms with Crippen molar-refractivity contribution in [2.75, 3.05) is 37.7 Å². The minimum atomic E-state index is -0.164. The molecule has 0 bridgehead atoms. The maximum Gasteiger partial charge on any atom is 0.276 e. The highest BCUT2D eigenvalue weighted by Crippen LogP contribution is 2.27. The van der Waals surface area contributed by atoms with Crippen LogP contribution in [0.3, 0.4) is 0 Å². The van der Waals surface area contributed by atoms with Gasteiger partial charge in [0.15, 0.2) is 0 Å². The van der Waals surface area contributed by atoms with E-state index >= 15 is 0 Å². The average molecular weight is 406 g/mol. The van der Waals surface area contributed by atoms with Gasteiger partial charge in [-0.05, 0) is 29.8 Å². The summed E-state index contributed by atoms with van der Waals surface area (Å²) in [5.41, 5.74) is 6.39. The molecule has 4 N–H and O–H groups in total. The number of fused-ring (bicyclic) bond motifs is 1. The monoisotopic (exact) mass is 406 g/mol. The van der Waals surface area contributed by atoms with Gasteiger partial charge in [-0.25, -0.2) is 5.43 Å². The predicted molar refractivity (Wildman–Crippen MR) is 115 cm³/mol. The number of hydrogen-bond acceptors (Lipinski definition) is 7. The van der Waals surface area contributed by atoms with E-state index in [1.165, 1.54) is 5.69 Å². The maximum absolute atomic E-state index is 12.8. The van der Waals surface area contributed by atoms with Crippen molar-refractivity contribution in [3.63, 3.8) is 0 Å². The number of allylic oxidation sites excluding steroid dienone is 2. The van der Waals surface area contributed by atoms with Gasteiger partial charge in [0, 0.05) is 31.5 Å². The highest BCUT2D eigenvalue weighted by Gasteiger charge is 2.33. The molecule has 1 amide bonds. The van der Waals surface area contributed by atoms with Crippen molar-refractivity contribution in [3.8, 4) is 0 Å². The highest BCUT2D eigenvalue weighted by atomic mass is 16.5. The number of amides is 1. The van der Waals surface area contributed by atoms with Crippen LogP contribution in [0, 0.1) is 0 Å². The van der Waals surface area contributed by atoms with Gasteiger partial charge >= 0.3 is 0 Å². The van der Waals surface area contributed by atoms with E-state index in [0.29, 0.717) is 18.1 Å². The first-order valence-electron chi connectivity index (χ1n) is 10.3. The first-order chi connectivity index (χ1) is 14.8. The number of morpholine rings is 1. The fraction of sp³-hybridized carbons (Fsp3) is 0.318. The molecule has 2 atom stereocenters. The van der Waals surface area contributed by atoms with E-state index < -0.39 is 0 Å². The lowest BCUT2D eigenvalue weighted by Gasteiger charge is -2.35. The van der Waals surface area contributed by atoms with Crippen LogP contribution in [-0.4, -0.2) is 49.9 Å².